The molecule has 0 aliphatic heterocycles. The molecule has 1 aromatic rings. The van der Waals surface area contributed by atoms with Crippen molar-refractivity contribution in [2.24, 2.45) is 0 Å². The monoisotopic (exact) mass is 216 g/mol. The van der Waals surface area contributed by atoms with Gasteiger partial charge in [0.05, 0.1) is 7.11 Å². The summed E-state index contributed by atoms with van der Waals surface area (Å²) in [5.74, 6) is 1.61. The number of rotatable bonds is 2. The van der Waals surface area contributed by atoms with E-state index in [0.717, 1.165) is 5.75 Å². The van der Waals surface area contributed by atoms with Crippen molar-refractivity contribution < 1.29 is 4.74 Å². The fourth-order valence-electron chi connectivity index (χ4n) is 2.94. The van der Waals surface area contributed by atoms with Crippen molar-refractivity contribution in [2.75, 3.05) is 7.11 Å². The van der Waals surface area contributed by atoms with Gasteiger partial charge in [-0.05, 0) is 55.5 Å². The third kappa shape index (κ3) is 1.38. The molecule has 1 aliphatic carbocycles. The molecule has 0 N–H and O–H groups in total. The van der Waals surface area contributed by atoms with Crippen molar-refractivity contribution in [3.8, 4) is 5.75 Å². The number of hydrogen-bond donors (Lipinski definition) is 0. The standard InChI is InChI=1S/C15H20O/c1-6-12-9(2)10(3)15-11(4)14(16-5)8-7-13(12)15/h7-8,12H,6H2,1-5H3. The molecular formula is C15H20O. The van der Waals surface area contributed by atoms with E-state index in [1.165, 1.54) is 34.3 Å². The lowest BCUT2D eigenvalue weighted by Crippen LogP contribution is -1.97. The zero-order valence-electron chi connectivity index (χ0n) is 10.8. The van der Waals surface area contributed by atoms with E-state index in [1.54, 1.807) is 7.11 Å². The first-order valence-electron chi connectivity index (χ1n) is 5.97. The van der Waals surface area contributed by atoms with E-state index in [-0.39, 0.29) is 0 Å². The molecule has 86 valence electrons. The van der Waals surface area contributed by atoms with Crippen LogP contribution in [0, 0.1) is 6.92 Å². The minimum Gasteiger partial charge on any atom is -0.496 e. The van der Waals surface area contributed by atoms with Gasteiger partial charge in [-0.3, -0.25) is 0 Å². The molecule has 1 aliphatic rings. The Kier molecular flexibility index (Phi) is 2.79. The summed E-state index contributed by atoms with van der Waals surface area (Å²) in [6, 6.07) is 4.33. The summed E-state index contributed by atoms with van der Waals surface area (Å²) < 4.78 is 5.40. The van der Waals surface area contributed by atoms with Crippen LogP contribution in [0.15, 0.2) is 17.7 Å². The maximum atomic E-state index is 5.40. The van der Waals surface area contributed by atoms with Crippen LogP contribution in [0.5, 0.6) is 5.75 Å². The molecule has 1 atom stereocenters. The Labute approximate surface area is 98.1 Å². The van der Waals surface area contributed by atoms with Crippen LogP contribution in [0.2, 0.25) is 0 Å². The lowest BCUT2D eigenvalue weighted by molar-refractivity contribution is 0.411. The Hall–Kier alpha value is -1.24. The van der Waals surface area contributed by atoms with Gasteiger partial charge in [0.2, 0.25) is 0 Å². The van der Waals surface area contributed by atoms with Gasteiger partial charge >= 0.3 is 0 Å². The Morgan fingerprint density at radius 2 is 1.88 bits per heavy atom. The summed E-state index contributed by atoms with van der Waals surface area (Å²) in [5, 5.41) is 0. The summed E-state index contributed by atoms with van der Waals surface area (Å²) >= 11 is 0. The van der Waals surface area contributed by atoms with Gasteiger partial charge in [-0.1, -0.05) is 18.6 Å². The van der Waals surface area contributed by atoms with Gasteiger partial charge in [0.25, 0.3) is 0 Å². The number of benzene rings is 1. The van der Waals surface area contributed by atoms with Crippen molar-refractivity contribution >= 4 is 5.57 Å². The van der Waals surface area contributed by atoms with Gasteiger partial charge in [0, 0.05) is 5.92 Å². The summed E-state index contributed by atoms with van der Waals surface area (Å²) in [6.45, 7) is 8.91. The van der Waals surface area contributed by atoms with Crippen molar-refractivity contribution in [3.05, 3.63) is 34.4 Å². The maximum absolute atomic E-state index is 5.40. The van der Waals surface area contributed by atoms with Crippen LogP contribution < -0.4 is 4.74 Å². The average molecular weight is 216 g/mol. The van der Waals surface area contributed by atoms with E-state index >= 15 is 0 Å². The highest BCUT2D eigenvalue weighted by Crippen LogP contribution is 2.46. The Bertz CT molecular complexity index is 455. The van der Waals surface area contributed by atoms with Gasteiger partial charge < -0.3 is 4.74 Å². The SMILES string of the molecule is CCC1C(C)=C(C)c2c1ccc(OC)c2C. The zero-order valence-corrected chi connectivity index (χ0v) is 10.8. The lowest BCUT2D eigenvalue weighted by Gasteiger charge is -2.14. The van der Waals surface area contributed by atoms with E-state index in [4.69, 9.17) is 4.74 Å². The smallest absolute Gasteiger partial charge is 0.122 e. The van der Waals surface area contributed by atoms with E-state index in [9.17, 15) is 0 Å². The molecule has 0 radical (unpaired) electrons. The second kappa shape index (κ2) is 3.97. The minimum atomic E-state index is 0.611. The molecule has 0 bridgehead atoms. The first-order valence-corrected chi connectivity index (χ1v) is 5.97. The highest BCUT2D eigenvalue weighted by molar-refractivity contribution is 5.80. The number of allylic oxidation sites excluding steroid dienone is 2. The van der Waals surface area contributed by atoms with Crippen LogP contribution in [0.3, 0.4) is 0 Å². The summed E-state index contributed by atoms with van der Waals surface area (Å²) in [6.07, 6.45) is 1.18. The van der Waals surface area contributed by atoms with Crippen molar-refractivity contribution in [3.63, 3.8) is 0 Å². The molecule has 0 amide bonds. The fraction of sp³-hybridized carbons (Fsp3) is 0.467. The minimum absolute atomic E-state index is 0.611. The molecule has 0 fully saturated rings. The average Bonchev–Trinajstić information content (AvgIpc) is 2.53. The fourth-order valence-corrected chi connectivity index (χ4v) is 2.94. The molecule has 0 saturated heterocycles. The highest BCUT2D eigenvalue weighted by Gasteiger charge is 2.27. The van der Waals surface area contributed by atoms with Crippen LogP contribution in [0.25, 0.3) is 5.57 Å². The predicted octanol–water partition coefficient (Wildman–Crippen LogP) is 4.30. The van der Waals surface area contributed by atoms with E-state index in [0.29, 0.717) is 5.92 Å². The number of methoxy groups -OCH3 is 1. The molecule has 1 unspecified atom stereocenters. The maximum Gasteiger partial charge on any atom is 0.122 e. The molecule has 16 heavy (non-hydrogen) atoms. The second-order valence-corrected chi connectivity index (χ2v) is 4.63. The molecule has 2 rings (SSSR count). The first kappa shape index (κ1) is 11.3. The summed E-state index contributed by atoms with van der Waals surface area (Å²) in [5.41, 5.74) is 7.15. The third-order valence-corrected chi connectivity index (χ3v) is 3.94. The van der Waals surface area contributed by atoms with Crippen LogP contribution in [0.4, 0.5) is 0 Å². The highest BCUT2D eigenvalue weighted by atomic mass is 16.5. The molecule has 1 heteroatoms. The van der Waals surface area contributed by atoms with Crippen molar-refractivity contribution in [1.29, 1.82) is 0 Å². The number of hydrogen-bond acceptors (Lipinski definition) is 1. The Morgan fingerprint density at radius 3 is 2.44 bits per heavy atom. The van der Waals surface area contributed by atoms with Gasteiger partial charge in [-0.2, -0.15) is 0 Å². The molecule has 0 saturated carbocycles. The molecule has 0 spiro atoms. The van der Waals surface area contributed by atoms with Gasteiger partial charge in [-0.25, -0.2) is 0 Å². The van der Waals surface area contributed by atoms with Crippen LogP contribution in [-0.4, -0.2) is 7.11 Å². The Balaban J connectivity index is 2.66. The van der Waals surface area contributed by atoms with Crippen LogP contribution in [0.1, 0.15) is 49.8 Å². The number of ether oxygens (including phenoxy) is 1. The van der Waals surface area contributed by atoms with Gasteiger partial charge in [-0.15, -0.1) is 0 Å². The summed E-state index contributed by atoms with van der Waals surface area (Å²) in [4.78, 5) is 0. The van der Waals surface area contributed by atoms with Crippen LogP contribution in [-0.2, 0) is 0 Å². The molecule has 1 nitrogen and oxygen atoms in total. The predicted molar refractivity (Wildman–Crippen MR) is 69.0 cm³/mol. The molecule has 0 aromatic heterocycles. The van der Waals surface area contributed by atoms with Gasteiger partial charge in [0.1, 0.15) is 5.75 Å². The molecule has 0 heterocycles. The van der Waals surface area contributed by atoms with Crippen LogP contribution >= 0.6 is 0 Å². The number of fused-ring (bicyclic) bond motifs is 1. The van der Waals surface area contributed by atoms with E-state index in [2.05, 4.69) is 39.8 Å². The quantitative estimate of drug-likeness (QED) is 0.716. The lowest BCUT2D eigenvalue weighted by atomic mass is 9.92. The van der Waals surface area contributed by atoms with Gasteiger partial charge in [0.15, 0.2) is 0 Å². The second-order valence-electron chi connectivity index (χ2n) is 4.63. The van der Waals surface area contributed by atoms with E-state index in [1.807, 2.05) is 0 Å². The van der Waals surface area contributed by atoms with Crippen molar-refractivity contribution in [1.82, 2.24) is 0 Å². The van der Waals surface area contributed by atoms with E-state index < -0.39 is 0 Å². The third-order valence-electron chi connectivity index (χ3n) is 3.94. The first-order chi connectivity index (χ1) is 7.61. The largest absolute Gasteiger partial charge is 0.496 e. The van der Waals surface area contributed by atoms with Crippen molar-refractivity contribution in [2.45, 2.75) is 40.0 Å². The molecule has 1 aromatic carbocycles. The zero-order chi connectivity index (χ0) is 11.9. The summed E-state index contributed by atoms with van der Waals surface area (Å²) in [7, 11) is 1.74. The Morgan fingerprint density at radius 1 is 1.19 bits per heavy atom. The molecular weight excluding hydrogens is 196 g/mol. The topological polar surface area (TPSA) is 9.23 Å². The normalized spacial score (nSPS) is 18.9.